The topological polar surface area (TPSA) is 30.9 Å². The Morgan fingerprint density at radius 3 is 2.79 bits per heavy atom. The molecule has 1 aromatic heterocycles. The molecule has 1 aromatic carbocycles. The molecule has 1 saturated carbocycles. The van der Waals surface area contributed by atoms with Crippen LogP contribution in [0.5, 0.6) is 0 Å². The van der Waals surface area contributed by atoms with E-state index in [4.69, 9.17) is 5.73 Å². The zero-order valence-electron chi connectivity index (χ0n) is 8.11. The molecule has 0 unspecified atom stereocenters. The van der Waals surface area contributed by atoms with Crippen LogP contribution in [0.3, 0.4) is 0 Å². The van der Waals surface area contributed by atoms with Crippen LogP contribution in [0.25, 0.3) is 10.9 Å². The van der Waals surface area contributed by atoms with E-state index >= 15 is 0 Å². The minimum absolute atomic E-state index is 0.644. The summed E-state index contributed by atoms with van der Waals surface area (Å²) in [5.74, 6) is 0. The predicted octanol–water partition coefficient (Wildman–Crippen LogP) is 2.43. The summed E-state index contributed by atoms with van der Waals surface area (Å²) in [5, 5.41) is 1.32. The van der Waals surface area contributed by atoms with Crippen LogP contribution in [-0.2, 0) is 6.54 Å². The van der Waals surface area contributed by atoms with Gasteiger partial charge in [0, 0.05) is 23.8 Å². The van der Waals surface area contributed by atoms with Gasteiger partial charge in [-0.15, -0.1) is 0 Å². The van der Waals surface area contributed by atoms with Gasteiger partial charge < -0.3 is 10.3 Å². The first-order valence-electron chi connectivity index (χ1n) is 5.19. The van der Waals surface area contributed by atoms with Crippen LogP contribution < -0.4 is 5.73 Å². The van der Waals surface area contributed by atoms with Gasteiger partial charge in [-0.2, -0.15) is 0 Å². The molecule has 0 saturated heterocycles. The zero-order chi connectivity index (χ0) is 9.54. The van der Waals surface area contributed by atoms with Crippen molar-refractivity contribution in [3.05, 3.63) is 36.0 Å². The Morgan fingerprint density at radius 2 is 2.07 bits per heavy atom. The third kappa shape index (κ3) is 1.07. The van der Waals surface area contributed by atoms with Crippen molar-refractivity contribution in [1.82, 2.24) is 4.57 Å². The lowest BCUT2D eigenvalue weighted by Crippen LogP contribution is -2.05. The first-order chi connectivity index (χ1) is 6.90. The minimum Gasteiger partial charge on any atom is -0.340 e. The van der Waals surface area contributed by atoms with Crippen LogP contribution in [0, 0.1) is 0 Å². The molecule has 0 spiro atoms. The Labute approximate surface area is 83.3 Å². The minimum atomic E-state index is 0.644. The molecular weight excluding hydrogens is 172 g/mol. The molecule has 2 N–H and O–H groups in total. The number of hydrogen-bond acceptors (Lipinski definition) is 1. The highest BCUT2D eigenvalue weighted by Gasteiger charge is 2.26. The molecule has 3 rings (SSSR count). The van der Waals surface area contributed by atoms with Gasteiger partial charge in [0.05, 0.1) is 0 Å². The van der Waals surface area contributed by atoms with E-state index in [9.17, 15) is 0 Å². The fraction of sp³-hybridized carbons (Fsp3) is 0.333. The Kier molecular flexibility index (Phi) is 1.64. The normalized spacial score (nSPS) is 16.4. The molecule has 2 aromatic rings. The van der Waals surface area contributed by atoms with Crippen molar-refractivity contribution in [3.63, 3.8) is 0 Å². The predicted molar refractivity (Wildman–Crippen MR) is 58.1 cm³/mol. The van der Waals surface area contributed by atoms with Crippen LogP contribution in [0.1, 0.15) is 24.6 Å². The van der Waals surface area contributed by atoms with E-state index in [2.05, 4.69) is 34.9 Å². The maximum atomic E-state index is 5.76. The number of rotatable bonds is 2. The third-order valence-electron chi connectivity index (χ3n) is 2.95. The van der Waals surface area contributed by atoms with Crippen molar-refractivity contribution in [3.8, 4) is 0 Å². The van der Waals surface area contributed by atoms with Gasteiger partial charge in [-0.1, -0.05) is 18.2 Å². The fourth-order valence-electron chi connectivity index (χ4n) is 2.15. The summed E-state index contributed by atoms with van der Waals surface area (Å²) < 4.78 is 2.41. The molecule has 14 heavy (non-hydrogen) atoms. The number of nitrogens with zero attached hydrogens (tertiary/aromatic N) is 1. The number of aromatic nitrogens is 1. The van der Waals surface area contributed by atoms with E-state index in [1.54, 1.807) is 0 Å². The number of nitrogens with two attached hydrogens (primary N) is 1. The molecule has 0 bridgehead atoms. The van der Waals surface area contributed by atoms with Gasteiger partial charge in [-0.3, -0.25) is 0 Å². The summed E-state index contributed by atoms with van der Waals surface area (Å²) in [6.45, 7) is 0.644. The molecule has 0 atom stereocenters. The standard InChI is InChI=1S/C12H14N2/c13-8-11-7-9-3-1-2-4-12(9)14(11)10-5-6-10/h1-4,7,10H,5-6,8,13H2. The van der Waals surface area contributed by atoms with Crippen molar-refractivity contribution in [2.24, 2.45) is 5.73 Å². The van der Waals surface area contributed by atoms with E-state index in [1.165, 1.54) is 29.4 Å². The van der Waals surface area contributed by atoms with Crippen LogP contribution in [0.15, 0.2) is 30.3 Å². The molecule has 1 aliphatic rings. The Balaban J connectivity index is 2.29. The highest BCUT2D eigenvalue weighted by atomic mass is 15.1. The van der Waals surface area contributed by atoms with Gasteiger partial charge in [0.2, 0.25) is 0 Å². The van der Waals surface area contributed by atoms with Gasteiger partial charge in [-0.25, -0.2) is 0 Å². The largest absolute Gasteiger partial charge is 0.340 e. The zero-order valence-corrected chi connectivity index (χ0v) is 8.11. The summed E-state index contributed by atoms with van der Waals surface area (Å²) in [7, 11) is 0. The van der Waals surface area contributed by atoms with Crippen molar-refractivity contribution in [2.45, 2.75) is 25.4 Å². The summed E-state index contributed by atoms with van der Waals surface area (Å²) in [4.78, 5) is 0. The second kappa shape index (κ2) is 2.85. The second-order valence-electron chi connectivity index (χ2n) is 4.00. The molecule has 0 aliphatic heterocycles. The van der Waals surface area contributed by atoms with E-state index in [0.717, 1.165) is 0 Å². The number of fused-ring (bicyclic) bond motifs is 1. The Morgan fingerprint density at radius 1 is 1.29 bits per heavy atom. The molecule has 2 heteroatoms. The van der Waals surface area contributed by atoms with E-state index in [0.29, 0.717) is 12.6 Å². The van der Waals surface area contributed by atoms with Gasteiger partial charge in [0.25, 0.3) is 0 Å². The summed E-state index contributed by atoms with van der Waals surface area (Å²) in [5.41, 5.74) is 8.37. The van der Waals surface area contributed by atoms with Gasteiger partial charge in [0.1, 0.15) is 0 Å². The highest BCUT2D eigenvalue weighted by molar-refractivity contribution is 5.81. The lowest BCUT2D eigenvalue weighted by Gasteiger charge is -2.06. The fourth-order valence-corrected chi connectivity index (χ4v) is 2.15. The smallest absolute Gasteiger partial charge is 0.0485 e. The monoisotopic (exact) mass is 186 g/mol. The molecule has 2 nitrogen and oxygen atoms in total. The average molecular weight is 186 g/mol. The van der Waals surface area contributed by atoms with Gasteiger partial charge in [-0.05, 0) is 30.4 Å². The molecule has 1 heterocycles. The van der Waals surface area contributed by atoms with Crippen LogP contribution in [-0.4, -0.2) is 4.57 Å². The van der Waals surface area contributed by atoms with Crippen molar-refractivity contribution < 1.29 is 0 Å². The van der Waals surface area contributed by atoms with Crippen molar-refractivity contribution in [2.75, 3.05) is 0 Å². The summed E-state index contributed by atoms with van der Waals surface area (Å²) in [6, 6.07) is 11.5. The number of benzene rings is 1. The molecule has 72 valence electrons. The van der Waals surface area contributed by atoms with Crippen LogP contribution >= 0.6 is 0 Å². The molecule has 0 radical (unpaired) electrons. The average Bonchev–Trinajstić information content (AvgIpc) is 2.98. The molecule has 1 fully saturated rings. The molecule has 1 aliphatic carbocycles. The highest BCUT2D eigenvalue weighted by Crippen LogP contribution is 2.39. The van der Waals surface area contributed by atoms with E-state index in [1.807, 2.05) is 0 Å². The number of hydrogen-bond donors (Lipinski definition) is 1. The molecular formula is C12H14N2. The molecule has 0 amide bonds. The van der Waals surface area contributed by atoms with E-state index < -0.39 is 0 Å². The lowest BCUT2D eigenvalue weighted by atomic mass is 10.2. The van der Waals surface area contributed by atoms with Crippen LogP contribution in [0.2, 0.25) is 0 Å². The Hall–Kier alpha value is -1.28. The summed E-state index contributed by atoms with van der Waals surface area (Å²) >= 11 is 0. The maximum absolute atomic E-state index is 5.76. The van der Waals surface area contributed by atoms with Gasteiger partial charge in [0.15, 0.2) is 0 Å². The van der Waals surface area contributed by atoms with Gasteiger partial charge >= 0.3 is 0 Å². The van der Waals surface area contributed by atoms with E-state index in [-0.39, 0.29) is 0 Å². The third-order valence-corrected chi connectivity index (χ3v) is 2.95. The first kappa shape index (κ1) is 8.06. The Bertz CT molecular complexity index is 466. The first-order valence-corrected chi connectivity index (χ1v) is 5.19. The summed E-state index contributed by atoms with van der Waals surface area (Å²) in [6.07, 6.45) is 2.62. The van der Waals surface area contributed by atoms with Crippen LogP contribution in [0.4, 0.5) is 0 Å². The quantitative estimate of drug-likeness (QED) is 0.767. The lowest BCUT2D eigenvalue weighted by molar-refractivity contribution is 0.721. The van der Waals surface area contributed by atoms with Crippen molar-refractivity contribution >= 4 is 10.9 Å². The SMILES string of the molecule is NCc1cc2ccccc2n1C1CC1. The second-order valence-corrected chi connectivity index (χ2v) is 4.00. The maximum Gasteiger partial charge on any atom is 0.0485 e. The van der Waals surface area contributed by atoms with Crippen molar-refractivity contribution in [1.29, 1.82) is 0 Å². The number of para-hydroxylation sites is 1.